The second-order valence-corrected chi connectivity index (χ2v) is 14.9. The number of aryl methyl sites for hydroxylation is 4. The molecule has 0 bridgehead atoms. The fourth-order valence-electron chi connectivity index (χ4n) is 5.96. The lowest BCUT2D eigenvalue weighted by molar-refractivity contribution is -0.658. The Balaban J connectivity index is 1.26. The number of hydrogen-bond donors (Lipinski definition) is 2. The number of anilines is 2. The minimum atomic E-state index is 0.345. The van der Waals surface area contributed by atoms with Gasteiger partial charge in [0.2, 0.25) is 0 Å². The summed E-state index contributed by atoms with van der Waals surface area (Å²) in [5, 5.41) is 18.4. The van der Waals surface area contributed by atoms with Crippen molar-refractivity contribution in [3.8, 4) is 0 Å². The molecule has 2 atom stereocenters. The van der Waals surface area contributed by atoms with Crippen LogP contribution in [0.4, 0.5) is 34.6 Å². The minimum Gasteiger partial charge on any atom is -0.373 e. The van der Waals surface area contributed by atoms with Crippen LogP contribution in [0.5, 0.6) is 0 Å². The Morgan fingerprint density at radius 3 is 1.80 bits per heavy atom. The van der Waals surface area contributed by atoms with Crippen LogP contribution in [0.15, 0.2) is 87.6 Å². The van der Waals surface area contributed by atoms with Crippen LogP contribution in [-0.2, 0) is 34.6 Å². The van der Waals surface area contributed by atoms with Crippen molar-refractivity contribution in [2.24, 2.45) is 48.6 Å². The molecule has 0 amide bonds. The second-order valence-electron chi connectivity index (χ2n) is 13.7. The summed E-state index contributed by atoms with van der Waals surface area (Å²) in [6.45, 7) is 6.85. The van der Waals surface area contributed by atoms with Gasteiger partial charge in [-0.25, -0.2) is 18.3 Å². The van der Waals surface area contributed by atoms with E-state index in [0.29, 0.717) is 11.3 Å². The van der Waals surface area contributed by atoms with E-state index >= 15 is 0 Å². The first-order valence-electron chi connectivity index (χ1n) is 17.5. The van der Waals surface area contributed by atoms with E-state index in [1.807, 2.05) is 71.5 Å². The number of benzene rings is 2. The van der Waals surface area contributed by atoms with Crippen molar-refractivity contribution < 1.29 is 9.13 Å². The molecule has 14 heteroatoms. The van der Waals surface area contributed by atoms with E-state index in [0.717, 1.165) is 86.0 Å². The lowest BCUT2D eigenvalue weighted by Crippen LogP contribution is -2.39. The molecule has 4 rings (SSSR count). The van der Waals surface area contributed by atoms with Crippen LogP contribution >= 0.6 is 25.3 Å². The van der Waals surface area contributed by atoms with Crippen molar-refractivity contribution in [2.75, 3.05) is 76.5 Å². The predicted molar refractivity (Wildman–Crippen MR) is 215 cm³/mol. The van der Waals surface area contributed by atoms with Gasteiger partial charge in [0, 0.05) is 91.9 Å². The standard InChI is InChI=1S/C37H56N12S2/c1-29(51)26-42(2)20-21-43(3)32-14-12-31(13-15-32)39-41-37-48(8)27-34(49(37)9)18-19-35(28-50)45(5)23-22-44(4)33-16-10-30(11-17-33)38-40-36-46(6)24-25-47(36)7/h10-17,24-25,27,29,35H,18-23,26,28H2,1-9H3/p+2. The maximum atomic E-state index is 4.73. The van der Waals surface area contributed by atoms with Crippen LogP contribution < -0.4 is 18.9 Å². The van der Waals surface area contributed by atoms with E-state index in [2.05, 4.69) is 130 Å². The summed E-state index contributed by atoms with van der Waals surface area (Å²) < 4.78 is 8.07. The summed E-state index contributed by atoms with van der Waals surface area (Å²) in [6, 6.07) is 16.8. The maximum Gasteiger partial charge on any atom is 0.421 e. The summed E-state index contributed by atoms with van der Waals surface area (Å²) >= 11 is 9.23. The van der Waals surface area contributed by atoms with E-state index in [1.54, 1.807) is 0 Å². The summed E-state index contributed by atoms with van der Waals surface area (Å²) in [5.74, 6) is 2.39. The third-order valence-electron chi connectivity index (χ3n) is 9.37. The highest BCUT2D eigenvalue weighted by Gasteiger charge is 2.21. The highest BCUT2D eigenvalue weighted by molar-refractivity contribution is 7.81. The third kappa shape index (κ3) is 11.6. The molecule has 0 fully saturated rings. The Labute approximate surface area is 315 Å². The Bertz CT molecular complexity index is 1690. The molecule has 51 heavy (non-hydrogen) atoms. The zero-order valence-electron chi connectivity index (χ0n) is 31.9. The van der Waals surface area contributed by atoms with E-state index in [9.17, 15) is 0 Å². The monoisotopic (exact) mass is 734 g/mol. The molecular weight excluding hydrogens is 677 g/mol. The summed E-state index contributed by atoms with van der Waals surface area (Å²) in [7, 11) is 16.6. The summed E-state index contributed by atoms with van der Waals surface area (Å²) in [5.41, 5.74) is 5.18. The second kappa shape index (κ2) is 19.2. The van der Waals surface area contributed by atoms with Crippen LogP contribution in [0.25, 0.3) is 0 Å². The Hall–Kier alpha value is -3.72. The molecule has 4 aromatic rings. The first-order chi connectivity index (χ1) is 24.4. The SMILES string of the molecule is CC(S)CN(C)CCN(C)c1ccc(N=Nc2n(C)c(CCC(CS)N(C)CCN(C)c3ccc(N=Nc4n(C)cc[n+]4C)cc3)c[n+]2C)cc1. The smallest absolute Gasteiger partial charge is 0.373 e. The summed E-state index contributed by atoms with van der Waals surface area (Å²) in [4.78, 5) is 9.26. The fourth-order valence-corrected chi connectivity index (χ4v) is 6.70. The van der Waals surface area contributed by atoms with E-state index in [-0.39, 0.29) is 0 Å². The van der Waals surface area contributed by atoms with Gasteiger partial charge >= 0.3 is 11.9 Å². The highest BCUT2D eigenvalue weighted by Crippen LogP contribution is 2.23. The molecule has 0 saturated carbocycles. The van der Waals surface area contributed by atoms with Crippen LogP contribution in [0.1, 0.15) is 19.0 Å². The molecule has 0 saturated heterocycles. The number of nitrogens with zero attached hydrogens (tertiary/aromatic N) is 12. The quantitative estimate of drug-likeness (QED) is 0.0723. The first kappa shape index (κ1) is 40.1. The van der Waals surface area contributed by atoms with Crippen LogP contribution in [0.2, 0.25) is 0 Å². The molecular formula is C37H58N12S2+2. The molecule has 0 aliphatic heterocycles. The molecule has 2 aromatic heterocycles. The van der Waals surface area contributed by atoms with Gasteiger partial charge in [0.05, 0.1) is 46.8 Å². The number of thiol groups is 2. The van der Waals surface area contributed by atoms with Gasteiger partial charge in [-0.3, -0.25) is 0 Å². The Morgan fingerprint density at radius 2 is 1.29 bits per heavy atom. The van der Waals surface area contributed by atoms with Gasteiger partial charge in [-0.05, 0) is 69.0 Å². The highest BCUT2D eigenvalue weighted by atomic mass is 32.1. The minimum absolute atomic E-state index is 0.345. The molecule has 0 radical (unpaired) electrons. The molecule has 2 heterocycles. The van der Waals surface area contributed by atoms with E-state index in [1.165, 1.54) is 5.69 Å². The Kier molecular flexibility index (Phi) is 15.1. The van der Waals surface area contributed by atoms with Crippen molar-refractivity contribution in [1.82, 2.24) is 18.9 Å². The van der Waals surface area contributed by atoms with Gasteiger partial charge in [0.25, 0.3) is 0 Å². The topological polar surface area (TPSA) is 80.0 Å². The number of hydrogen-bond acceptors (Lipinski definition) is 10. The lowest BCUT2D eigenvalue weighted by Gasteiger charge is -2.29. The fraction of sp³-hybridized carbons (Fsp3) is 0.514. The molecule has 12 nitrogen and oxygen atoms in total. The van der Waals surface area contributed by atoms with Crippen LogP contribution in [0, 0.1) is 0 Å². The third-order valence-corrected chi connectivity index (χ3v) is 9.96. The first-order valence-corrected chi connectivity index (χ1v) is 18.7. The van der Waals surface area contributed by atoms with Crippen molar-refractivity contribution in [2.45, 2.75) is 31.1 Å². The number of likely N-dealkylation sites (N-methyl/N-ethyl adjacent to an activating group) is 4. The molecule has 276 valence electrons. The molecule has 0 spiro atoms. The van der Waals surface area contributed by atoms with Gasteiger partial charge in [-0.15, -0.1) is 0 Å². The zero-order chi connectivity index (χ0) is 37.1. The maximum absolute atomic E-state index is 4.73. The van der Waals surface area contributed by atoms with Crippen molar-refractivity contribution in [3.05, 3.63) is 72.8 Å². The lowest BCUT2D eigenvalue weighted by atomic mass is 10.1. The van der Waals surface area contributed by atoms with Gasteiger partial charge < -0.3 is 19.6 Å². The van der Waals surface area contributed by atoms with E-state index in [4.69, 9.17) is 12.6 Å². The number of imidazole rings is 2. The van der Waals surface area contributed by atoms with Crippen LogP contribution in [-0.4, -0.2) is 96.9 Å². The van der Waals surface area contributed by atoms with Crippen molar-refractivity contribution in [1.29, 1.82) is 0 Å². The van der Waals surface area contributed by atoms with Gasteiger partial charge in [0.15, 0.2) is 0 Å². The molecule has 0 aliphatic rings. The molecule has 2 aromatic carbocycles. The van der Waals surface area contributed by atoms with Gasteiger partial charge in [-0.2, -0.15) is 25.3 Å². The number of aromatic nitrogens is 4. The molecule has 0 N–H and O–H groups in total. The average Bonchev–Trinajstić information content (AvgIpc) is 3.58. The van der Waals surface area contributed by atoms with Crippen molar-refractivity contribution >= 4 is 59.9 Å². The number of azo groups is 2. The Morgan fingerprint density at radius 1 is 0.745 bits per heavy atom. The molecule has 0 aliphatic carbocycles. The largest absolute Gasteiger partial charge is 0.421 e. The van der Waals surface area contributed by atoms with Gasteiger partial charge in [0.1, 0.15) is 17.1 Å². The number of rotatable bonds is 19. The van der Waals surface area contributed by atoms with Crippen molar-refractivity contribution in [3.63, 3.8) is 0 Å². The zero-order valence-corrected chi connectivity index (χ0v) is 33.7. The van der Waals surface area contributed by atoms with Crippen LogP contribution in [0.3, 0.4) is 0 Å². The normalized spacial score (nSPS) is 13.3. The van der Waals surface area contributed by atoms with Gasteiger partial charge in [-0.1, -0.05) is 17.2 Å². The summed E-state index contributed by atoms with van der Waals surface area (Å²) in [6.07, 6.45) is 8.00. The average molecular weight is 735 g/mol. The molecule has 2 unspecified atom stereocenters. The van der Waals surface area contributed by atoms with E-state index < -0.39 is 0 Å². The predicted octanol–water partition coefficient (Wildman–Crippen LogP) is 5.83.